The number of aromatic nitrogens is 2. The van der Waals surface area contributed by atoms with Crippen LogP contribution in [-0.4, -0.2) is 106 Å². The number of amides is 1. The Bertz CT molecular complexity index is 1390. The lowest BCUT2D eigenvalue weighted by atomic mass is 10.1. The van der Waals surface area contributed by atoms with Crippen LogP contribution in [0.2, 0.25) is 0 Å². The number of hydrogen-bond donors (Lipinski definition) is 1. The molecule has 202 valence electrons. The molecule has 0 spiro atoms. The predicted molar refractivity (Wildman–Crippen MR) is 137 cm³/mol. The zero-order valence-electron chi connectivity index (χ0n) is 21.7. The molecule has 3 fully saturated rings. The zero-order valence-corrected chi connectivity index (χ0v) is 22.5. The van der Waals surface area contributed by atoms with E-state index in [9.17, 15) is 9.00 Å². The van der Waals surface area contributed by atoms with Crippen molar-refractivity contribution in [2.24, 2.45) is 0 Å². The Morgan fingerprint density at radius 2 is 2.14 bits per heavy atom. The van der Waals surface area contributed by atoms with Crippen LogP contribution < -0.4 is 9.62 Å². The van der Waals surface area contributed by atoms with Crippen molar-refractivity contribution >= 4 is 31.8 Å². The molecular formula is C25H34FN5O5S. The largest absolute Gasteiger partial charge is 0.382 e. The van der Waals surface area contributed by atoms with Crippen molar-refractivity contribution in [2.75, 3.05) is 58.5 Å². The summed E-state index contributed by atoms with van der Waals surface area (Å²) in [6, 6.07) is 3.74. The van der Waals surface area contributed by atoms with Gasteiger partial charge in [-0.15, -0.1) is 0 Å². The number of fused-ring (bicyclic) bond motifs is 2. The molecule has 37 heavy (non-hydrogen) atoms. The molecule has 2 saturated heterocycles. The SMILES string of the molecule is COC[C@H]1CN(c2cc(S3(=O)=C4CC4(C)N3)cc3c(C(=O)N4CC[C@](F)(COC)C4)ncn23)C[C@H](C)O1. The first kappa shape index (κ1) is 25.1. The average Bonchev–Trinajstić information content (AvgIpc) is 3.16. The van der Waals surface area contributed by atoms with E-state index in [1.807, 2.05) is 24.3 Å². The summed E-state index contributed by atoms with van der Waals surface area (Å²) in [6.07, 6.45) is 2.45. The molecule has 1 saturated carbocycles. The molecule has 1 amide bonds. The molecule has 2 aromatic heterocycles. The maximum absolute atomic E-state index is 15.1. The fraction of sp³-hybridized carbons (Fsp3) is 0.640. The minimum Gasteiger partial charge on any atom is -0.382 e. The number of imidazole rings is 1. The van der Waals surface area contributed by atoms with Crippen molar-refractivity contribution in [1.29, 1.82) is 0 Å². The van der Waals surface area contributed by atoms with E-state index in [1.54, 1.807) is 19.5 Å². The Morgan fingerprint density at radius 3 is 2.81 bits per heavy atom. The maximum Gasteiger partial charge on any atom is 0.274 e. The number of carbonyl (C=O) groups is 1. The van der Waals surface area contributed by atoms with Gasteiger partial charge in [0.15, 0.2) is 11.4 Å². The summed E-state index contributed by atoms with van der Waals surface area (Å²) >= 11 is 0. The molecule has 2 aromatic rings. The van der Waals surface area contributed by atoms with Gasteiger partial charge in [-0.3, -0.25) is 9.20 Å². The van der Waals surface area contributed by atoms with E-state index in [0.29, 0.717) is 36.7 Å². The number of morpholine rings is 1. The number of methoxy groups -OCH3 is 2. The Hall–Kier alpha value is -2.25. The molecule has 1 aliphatic carbocycles. The second-order valence-corrected chi connectivity index (χ2v) is 13.3. The predicted octanol–water partition coefficient (Wildman–Crippen LogP) is 1.27. The van der Waals surface area contributed by atoms with Gasteiger partial charge in [-0.25, -0.2) is 18.3 Å². The molecule has 0 bridgehead atoms. The topological polar surface area (TPSA) is 97.6 Å². The van der Waals surface area contributed by atoms with Crippen LogP contribution in [0.25, 0.3) is 5.52 Å². The van der Waals surface area contributed by atoms with E-state index in [0.717, 1.165) is 17.1 Å². The van der Waals surface area contributed by atoms with Gasteiger partial charge in [-0.05, 0) is 26.0 Å². The normalized spacial score (nSPS) is 35.1. The number of halogens is 1. The maximum atomic E-state index is 15.1. The lowest BCUT2D eigenvalue weighted by molar-refractivity contribution is -0.0513. The highest BCUT2D eigenvalue weighted by atomic mass is 32.2. The molecule has 1 N–H and O–H groups in total. The first-order valence-electron chi connectivity index (χ1n) is 12.7. The molecule has 10 nitrogen and oxygen atoms in total. The smallest absolute Gasteiger partial charge is 0.274 e. The third-order valence-electron chi connectivity index (χ3n) is 7.85. The molecule has 5 heterocycles. The number of pyridine rings is 1. The lowest BCUT2D eigenvalue weighted by Crippen LogP contribution is -2.49. The molecular weight excluding hydrogens is 501 g/mol. The van der Waals surface area contributed by atoms with Gasteiger partial charge in [-0.2, -0.15) is 0 Å². The number of ether oxygens (including phenoxy) is 3. The van der Waals surface area contributed by atoms with Crippen LogP contribution >= 0.6 is 0 Å². The summed E-state index contributed by atoms with van der Waals surface area (Å²) < 4.78 is 50.6. The third kappa shape index (κ3) is 4.04. The van der Waals surface area contributed by atoms with E-state index in [-0.39, 0.29) is 48.9 Å². The van der Waals surface area contributed by atoms with E-state index >= 15 is 4.39 Å². The zero-order chi connectivity index (χ0) is 26.2. The quantitative estimate of drug-likeness (QED) is 0.534. The monoisotopic (exact) mass is 535 g/mol. The van der Waals surface area contributed by atoms with Gasteiger partial charge in [0, 0.05) is 51.6 Å². The highest BCUT2D eigenvalue weighted by molar-refractivity contribution is 8.03. The van der Waals surface area contributed by atoms with Crippen LogP contribution in [-0.2, 0) is 23.9 Å². The van der Waals surface area contributed by atoms with E-state index in [4.69, 9.17) is 14.2 Å². The van der Waals surface area contributed by atoms with Crippen LogP contribution in [0.5, 0.6) is 0 Å². The van der Waals surface area contributed by atoms with Crippen LogP contribution in [0.15, 0.2) is 23.4 Å². The molecule has 0 radical (unpaired) electrons. The number of rotatable bonds is 7. The Balaban J connectivity index is 1.43. The molecule has 6 rings (SSSR count). The molecule has 12 heteroatoms. The summed E-state index contributed by atoms with van der Waals surface area (Å²) in [5.41, 5.74) is -0.934. The summed E-state index contributed by atoms with van der Waals surface area (Å²) in [4.78, 5) is 23.4. The van der Waals surface area contributed by atoms with Gasteiger partial charge < -0.3 is 24.0 Å². The fourth-order valence-corrected chi connectivity index (χ4v) is 8.92. The van der Waals surface area contributed by atoms with Crippen LogP contribution in [0.3, 0.4) is 0 Å². The van der Waals surface area contributed by atoms with Crippen LogP contribution in [0.1, 0.15) is 37.2 Å². The Morgan fingerprint density at radius 1 is 1.32 bits per heavy atom. The van der Waals surface area contributed by atoms with Gasteiger partial charge in [0.05, 0.1) is 57.6 Å². The van der Waals surface area contributed by atoms with Crippen molar-refractivity contribution in [3.8, 4) is 0 Å². The summed E-state index contributed by atoms with van der Waals surface area (Å²) in [7, 11) is 0.560. The second kappa shape index (κ2) is 8.63. The number of nitrogens with zero attached hydrogens (tertiary/aromatic N) is 4. The number of hydrogen-bond acceptors (Lipinski definition) is 7. The Labute approximate surface area is 216 Å². The second-order valence-electron chi connectivity index (χ2n) is 11.0. The Kier molecular flexibility index (Phi) is 5.85. The van der Waals surface area contributed by atoms with Gasteiger partial charge in [0.1, 0.15) is 12.1 Å². The minimum absolute atomic E-state index is 0.0422. The minimum atomic E-state index is -2.54. The van der Waals surface area contributed by atoms with E-state index in [1.165, 1.54) is 12.0 Å². The number of alkyl halides is 1. The van der Waals surface area contributed by atoms with Gasteiger partial charge >= 0.3 is 0 Å². The molecule has 4 aliphatic rings. The summed E-state index contributed by atoms with van der Waals surface area (Å²) in [6.45, 7) is 5.90. The van der Waals surface area contributed by atoms with Crippen molar-refractivity contribution in [1.82, 2.24) is 19.0 Å². The summed E-state index contributed by atoms with van der Waals surface area (Å²) in [5.74, 6) is 0.449. The van der Waals surface area contributed by atoms with Gasteiger partial charge in [-0.1, -0.05) is 0 Å². The van der Waals surface area contributed by atoms with Crippen LogP contribution in [0, 0.1) is 0 Å². The van der Waals surface area contributed by atoms with Crippen molar-refractivity contribution in [3.63, 3.8) is 0 Å². The van der Waals surface area contributed by atoms with Crippen molar-refractivity contribution in [3.05, 3.63) is 24.2 Å². The number of nitrogens with one attached hydrogen (secondary N) is 1. The fourth-order valence-electron chi connectivity index (χ4n) is 5.99. The molecule has 2 unspecified atom stereocenters. The number of likely N-dealkylation sites (tertiary alicyclic amines) is 1. The first-order valence-corrected chi connectivity index (χ1v) is 14.2. The number of anilines is 1. The van der Waals surface area contributed by atoms with E-state index < -0.39 is 15.4 Å². The molecule has 3 aliphatic heterocycles. The molecule has 0 aromatic carbocycles. The number of carbonyl (C=O) groups excluding carboxylic acids is 1. The first-order chi connectivity index (χ1) is 17.6. The highest BCUT2D eigenvalue weighted by Gasteiger charge is 2.59. The van der Waals surface area contributed by atoms with Crippen LogP contribution in [0.4, 0.5) is 10.2 Å². The molecule has 5 atom stereocenters. The standard InChI is InChI=1S/C25H34FN5O5S/c1-16-10-30(11-17(36-16)12-34-3)21-8-18(37(33)20-9-24(20,2)28-37)7-19-22(27-15-31(19)21)23(32)29-6-5-25(26,13-29)14-35-4/h7-8,15-17H,5-6,9-14H2,1-4H3,(H,28,33)/t16-,17+,24?,25+,37?/m0/s1. The lowest BCUT2D eigenvalue weighted by Gasteiger charge is -2.38. The average molecular weight is 536 g/mol. The third-order valence-corrected chi connectivity index (χ3v) is 10.8. The van der Waals surface area contributed by atoms with Gasteiger partial charge in [0.2, 0.25) is 0 Å². The van der Waals surface area contributed by atoms with Gasteiger partial charge in [0.25, 0.3) is 5.91 Å². The van der Waals surface area contributed by atoms with Crippen molar-refractivity contribution < 1.29 is 27.6 Å². The van der Waals surface area contributed by atoms with Crippen molar-refractivity contribution in [2.45, 2.75) is 55.0 Å². The highest BCUT2D eigenvalue weighted by Crippen LogP contribution is 2.45. The summed E-state index contributed by atoms with van der Waals surface area (Å²) in [5, 5.41) is 0. The van der Waals surface area contributed by atoms with E-state index in [2.05, 4.69) is 14.6 Å².